The summed E-state index contributed by atoms with van der Waals surface area (Å²) in [6.07, 6.45) is 1.07. The molecular formula is C23H25FN4O3. The monoisotopic (exact) mass is 424 g/mol. The molecule has 162 valence electrons. The molecule has 1 amide bonds. The molecule has 2 heterocycles. The number of aromatic nitrogens is 2. The van der Waals surface area contributed by atoms with Gasteiger partial charge < -0.3 is 10.1 Å². The van der Waals surface area contributed by atoms with Crippen molar-refractivity contribution < 1.29 is 14.4 Å². The molecule has 0 bridgehead atoms. The summed E-state index contributed by atoms with van der Waals surface area (Å²) in [5, 5.41) is 18.9. The largest absolute Gasteiger partial charge is 0.341 e. The second-order valence-corrected chi connectivity index (χ2v) is 7.93. The molecule has 1 aliphatic heterocycles. The molecule has 0 aliphatic carbocycles. The third-order valence-electron chi connectivity index (χ3n) is 5.83. The minimum Gasteiger partial charge on any atom is -0.341 e. The Bertz CT molecular complexity index is 1160. The van der Waals surface area contributed by atoms with Crippen LogP contribution in [0.15, 0.2) is 47.3 Å². The highest BCUT2D eigenvalue weighted by Gasteiger charge is 2.26. The van der Waals surface area contributed by atoms with Crippen LogP contribution in [0.3, 0.4) is 0 Å². The molecular weight excluding hydrogens is 399 g/mol. The molecule has 1 unspecified atom stereocenters. The van der Waals surface area contributed by atoms with Gasteiger partial charge in [-0.15, -0.1) is 0 Å². The number of amides is 1. The molecule has 31 heavy (non-hydrogen) atoms. The van der Waals surface area contributed by atoms with Crippen molar-refractivity contribution in [3.8, 4) is 0 Å². The number of rotatable bonds is 4. The molecule has 0 spiro atoms. The number of carbonyl (C=O) groups is 1. The molecule has 1 aliphatic rings. The molecule has 3 aromatic rings. The second kappa shape index (κ2) is 8.95. The second-order valence-electron chi connectivity index (χ2n) is 7.93. The maximum Gasteiger partial charge on any atom is 0.272 e. The van der Waals surface area contributed by atoms with Crippen molar-refractivity contribution in [2.75, 3.05) is 26.2 Å². The van der Waals surface area contributed by atoms with Crippen LogP contribution in [-0.2, 0) is 11.2 Å². The van der Waals surface area contributed by atoms with E-state index in [1.165, 1.54) is 11.1 Å². The van der Waals surface area contributed by atoms with Gasteiger partial charge in [0, 0.05) is 43.5 Å². The lowest BCUT2D eigenvalue weighted by molar-refractivity contribution is -0.133. The third kappa shape index (κ3) is 4.50. The van der Waals surface area contributed by atoms with Crippen LogP contribution in [0.1, 0.15) is 36.1 Å². The Hall–Kier alpha value is -3.10. The van der Waals surface area contributed by atoms with Gasteiger partial charge in [0.25, 0.3) is 5.56 Å². The van der Waals surface area contributed by atoms with Gasteiger partial charge in [0.05, 0.1) is 17.0 Å². The molecule has 0 saturated carbocycles. The molecule has 1 aromatic heterocycles. The number of nitrogens with one attached hydrogen (secondary N) is 1. The molecule has 1 fully saturated rings. The SMILES string of the molecule is CC(C(=O)N1CCCN(O)CC1)c1cc(Cc2n[nH]c(=O)c3ccccc23)ccc1F. The Morgan fingerprint density at radius 2 is 1.94 bits per heavy atom. The quantitative estimate of drug-likeness (QED) is 0.672. The molecule has 2 aromatic carbocycles. The summed E-state index contributed by atoms with van der Waals surface area (Å²) in [7, 11) is 0. The first-order valence-electron chi connectivity index (χ1n) is 10.4. The van der Waals surface area contributed by atoms with Crippen molar-refractivity contribution in [2.24, 2.45) is 0 Å². The first kappa shape index (κ1) is 21.1. The van der Waals surface area contributed by atoms with Crippen molar-refractivity contribution in [1.82, 2.24) is 20.2 Å². The normalized spacial score (nSPS) is 16.3. The van der Waals surface area contributed by atoms with Gasteiger partial charge in [0.1, 0.15) is 5.82 Å². The number of aromatic amines is 1. The highest BCUT2D eigenvalue weighted by molar-refractivity contribution is 5.84. The molecule has 0 radical (unpaired) electrons. The van der Waals surface area contributed by atoms with Crippen molar-refractivity contribution in [3.63, 3.8) is 0 Å². The molecule has 7 nitrogen and oxygen atoms in total. The number of carbonyl (C=O) groups excluding carboxylic acids is 1. The number of halogens is 1. The van der Waals surface area contributed by atoms with E-state index in [-0.39, 0.29) is 11.5 Å². The van der Waals surface area contributed by atoms with Crippen molar-refractivity contribution in [2.45, 2.75) is 25.7 Å². The summed E-state index contributed by atoms with van der Waals surface area (Å²) in [6.45, 7) is 3.55. The highest BCUT2D eigenvalue weighted by atomic mass is 19.1. The summed E-state index contributed by atoms with van der Waals surface area (Å²) < 4.78 is 14.7. The van der Waals surface area contributed by atoms with Crippen LogP contribution in [0.5, 0.6) is 0 Å². The fraction of sp³-hybridized carbons (Fsp3) is 0.348. The number of hydroxylamine groups is 2. The van der Waals surface area contributed by atoms with E-state index in [0.29, 0.717) is 55.7 Å². The van der Waals surface area contributed by atoms with Crippen molar-refractivity contribution >= 4 is 16.7 Å². The average molecular weight is 424 g/mol. The van der Waals surface area contributed by atoms with Gasteiger partial charge in [-0.05, 0) is 31.0 Å². The first-order valence-corrected chi connectivity index (χ1v) is 10.4. The summed E-state index contributed by atoms with van der Waals surface area (Å²) in [5.41, 5.74) is 1.57. The van der Waals surface area contributed by atoms with E-state index in [0.717, 1.165) is 10.9 Å². The van der Waals surface area contributed by atoms with Crippen LogP contribution < -0.4 is 5.56 Å². The lowest BCUT2D eigenvalue weighted by Gasteiger charge is -2.24. The van der Waals surface area contributed by atoms with Gasteiger partial charge in [-0.2, -0.15) is 10.2 Å². The van der Waals surface area contributed by atoms with Gasteiger partial charge in [-0.25, -0.2) is 9.49 Å². The maximum atomic E-state index is 14.7. The number of nitrogens with zero attached hydrogens (tertiary/aromatic N) is 3. The molecule has 8 heteroatoms. The van der Waals surface area contributed by atoms with E-state index in [9.17, 15) is 19.2 Å². The zero-order chi connectivity index (χ0) is 22.0. The number of H-pyrrole nitrogens is 1. The van der Waals surface area contributed by atoms with Crippen LogP contribution in [0.25, 0.3) is 10.8 Å². The lowest BCUT2D eigenvalue weighted by Crippen LogP contribution is -2.37. The number of hydrogen-bond acceptors (Lipinski definition) is 5. The topological polar surface area (TPSA) is 89.5 Å². The fourth-order valence-electron chi connectivity index (χ4n) is 4.07. The molecule has 2 N–H and O–H groups in total. The molecule has 1 atom stereocenters. The summed E-state index contributed by atoms with van der Waals surface area (Å²) in [6, 6.07) is 12.0. The van der Waals surface area contributed by atoms with Gasteiger partial charge in [-0.1, -0.05) is 30.3 Å². The first-order chi connectivity index (χ1) is 14.9. The number of benzene rings is 2. The Kier molecular flexibility index (Phi) is 6.11. The molecule has 4 rings (SSSR count). The van der Waals surface area contributed by atoms with Crippen LogP contribution in [0, 0.1) is 5.82 Å². The standard InChI is InChI=1S/C23H25FN4O3/c1-15(23(30)27-9-4-10-28(31)12-11-27)19-13-16(7-8-20(19)24)14-21-17-5-2-3-6-18(17)22(29)26-25-21/h2-3,5-8,13,15,31H,4,9-12,14H2,1H3,(H,26,29). The van der Waals surface area contributed by atoms with Crippen LogP contribution >= 0.6 is 0 Å². The maximum absolute atomic E-state index is 14.7. The van der Waals surface area contributed by atoms with E-state index in [1.807, 2.05) is 12.1 Å². The summed E-state index contributed by atoms with van der Waals surface area (Å²) >= 11 is 0. The zero-order valence-corrected chi connectivity index (χ0v) is 17.3. The van der Waals surface area contributed by atoms with E-state index in [1.54, 1.807) is 36.1 Å². The predicted molar refractivity (Wildman–Crippen MR) is 115 cm³/mol. The predicted octanol–water partition coefficient (Wildman–Crippen LogP) is 2.68. The van der Waals surface area contributed by atoms with Crippen LogP contribution in [-0.4, -0.2) is 57.5 Å². The van der Waals surface area contributed by atoms with Crippen molar-refractivity contribution in [1.29, 1.82) is 0 Å². The highest BCUT2D eigenvalue weighted by Crippen LogP contribution is 2.25. The van der Waals surface area contributed by atoms with E-state index in [4.69, 9.17) is 0 Å². The minimum atomic E-state index is -0.648. The Labute approximate surface area is 179 Å². The Morgan fingerprint density at radius 3 is 2.74 bits per heavy atom. The number of fused-ring (bicyclic) bond motifs is 1. The smallest absolute Gasteiger partial charge is 0.272 e. The fourth-order valence-corrected chi connectivity index (χ4v) is 4.07. The van der Waals surface area contributed by atoms with Gasteiger partial charge in [0.15, 0.2) is 0 Å². The Morgan fingerprint density at radius 1 is 1.16 bits per heavy atom. The third-order valence-corrected chi connectivity index (χ3v) is 5.83. The number of hydrogen-bond donors (Lipinski definition) is 2. The van der Waals surface area contributed by atoms with Crippen molar-refractivity contribution in [3.05, 3.63) is 75.5 Å². The molecule has 1 saturated heterocycles. The van der Waals surface area contributed by atoms with Crippen LogP contribution in [0.4, 0.5) is 4.39 Å². The van der Waals surface area contributed by atoms with Gasteiger partial charge >= 0.3 is 0 Å². The average Bonchev–Trinajstić information content (AvgIpc) is 3.00. The van der Waals surface area contributed by atoms with E-state index < -0.39 is 11.7 Å². The minimum absolute atomic E-state index is 0.154. The van der Waals surface area contributed by atoms with Gasteiger partial charge in [-0.3, -0.25) is 9.59 Å². The summed E-state index contributed by atoms with van der Waals surface area (Å²) in [4.78, 5) is 26.7. The zero-order valence-electron chi connectivity index (χ0n) is 17.3. The van der Waals surface area contributed by atoms with E-state index in [2.05, 4.69) is 10.2 Å². The van der Waals surface area contributed by atoms with Gasteiger partial charge in [0.2, 0.25) is 5.91 Å². The summed E-state index contributed by atoms with van der Waals surface area (Å²) in [5.74, 6) is -1.23. The van der Waals surface area contributed by atoms with E-state index >= 15 is 0 Å². The Balaban J connectivity index is 1.60. The van der Waals surface area contributed by atoms with Crippen LogP contribution in [0.2, 0.25) is 0 Å². The lowest BCUT2D eigenvalue weighted by atomic mass is 9.95.